The summed E-state index contributed by atoms with van der Waals surface area (Å²) in [5, 5.41) is 0. The number of carbonyl (C=O) groups excluding carboxylic acids is 3. The number of pyridine rings is 2. The van der Waals surface area contributed by atoms with Gasteiger partial charge in [0.15, 0.2) is 23.7 Å². The van der Waals surface area contributed by atoms with Crippen LogP contribution in [0.1, 0.15) is 26.3 Å². The van der Waals surface area contributed by atoms with Crippen LogP contribution in [-0.4, -0.2) is 57.4 Å². The number of ether oxygens (including phenoxy) is 4. The first-order valence-corrected chi connectivity index (χ1v) is 11.0. The molecule has 0 saturated carbocycles. The minimum atomic E-state index is -1.01. The van der Waals surface area contributed by atoms with E-state index < -0.39 is 41.7 Å². The lowest BCUT2D eigenvalue weighted by atomic mass is 10.1. The average molecular weight is 461 g/mol. The van der Waals surface area contributed by atoms with Crippen LogP contribution < -0.4 is 4.74 Å². The van der Waals surface area contributed by atoms with Crippen LogP contribution >= 0.6 is 11.8 Å². The highest BCUT2D eigenvalue weighted by atomic mass is 32.2. The Kier molecular flexibility index (Phi) is 7.68. The maximum Gasteiger partial charge on any atom is 0.303 e. The monoisotopic (exact) mass is 460 g/mol. The zero-order valence-corrected chi connectivity index (χ0v) is 19.0. The third kappa shape index (κ3) is 6.19. The van der Waals surface area contributed by atoms with Gasteiger partial charge in [0.05, 0.1) is 11.9 Å². The van der Waals surface area contributed by atoms with Crippen LogP contribution in [0.5, 0.6) is 5.75 Å². The van der Waals surface area contributed by atoms with E-state index in [4.69, 9.17) is 18.9 Å². The number of rotatable bonds is 6. The molecule has 0 unspecified atom stereocenters. The Morgan fingerprint density at radius 1 is 0.938 bits per heavy atom. The highest BCUT2D eigenvalue weighted by Crippen LogP contribution is 2.34. The molecule has 32 heavy (non-hydrogen) atoms. The largest absolute Gasteiger partial charge is 0.474 e. The van der Waals surface area contributed by atoms with Crippen molar-refractivity contribution in [3.8, 4) is 17.0 Å². The minimum absolute atomic E-state index is 0.284. The van der Waals surface area contributed by atoms with Gasteiger partial charge in [-0.1, -0.05) is 6.07 Å². The van der Waals surface area contributed by atoms with E-state index >= 15 is 0 Å². The predicted octanol–water partition coefficient (Wildman–Crippen LogP) is 2.70. The zero-order valence-electron chi connectivity index (χ0n) is 18.1. The van der Waals surface area contributed by atoms with Gasteiger partial charge in [-0.05, 0) is 24.6 Å². The lowest BCUT2D eigenvalue weighted by molar-refractivity contribution is -0.186. The Balaban J connectivity index is 1.86. The molecule has 9 nitrogen and oxygen atoms in total. The molecule has 3 rings (SSSR count). The van der Waals surface area contributed by atoms with Gasteiger partial charge in [0.25, 0.3) is 0 Å². The number of carbonyl (C=O) groups is 3. The molecule has 1 fully saturated rings. The van der Waals surface area contributed by atoms with Crippen LogP contribution in [0.4, 0.5) is 0 Å². The third-order valence-corrected chi connectivity index (χ3v) is 5.69. The molecule has 2 aromatic rings. The van der Waals surface area contributed by atoms with Crippen molar-refractivity contribution >= 4 is 29.7 Å². The highest BCUT2D eigenvalue weighted by molar-refractivity contribution is 7.99. The number of nitrogens with zero attached hydrogens (tertiary/aromatic N) is 2. The van der Waals surface area contributed by atoms with E-state index in [1.165, 1.54) is 38.7 Å². The fourth-order valence-electron chi connectivity index (χ4n) is 3.21. The van der Waals surface area contributed by atoms with Crippen molar-refractivity contribution in [1.82, 2.24) is 9.97 Å². The van der Waals surface area contributed by atoms with Gasteiger partial charge in [0.2, 0.25) is 0 Å². The van der Waals surface area contributed by atoms with Crippen LogP contribution in [0.15, 0.2) is 36.8 Å². The van der Waals surface area contributed by atoms with Gasteiger partial charge < -0.3 is 18.9 Å². The Morgan fingerprint density at radius 3 is 2.25 bits per heavy atom. The van der Waals surface area contributed by atoms with Gasteiger partial charge in [-0.3, -0.25) is 24.4 Å². The van der Waals surface area contributed by atoms with Crippen molar-refractivity contribution in [2.45, 2.75) is 51.4 Å². The van der Waals surface area contributed by atoms with E-state index in [0.717, 1.165) is 16.8 Å². The summed E-state index contributed by atoms with van der Waals surface area (Å²) in [6.07, 6.45) is 2.16. The van der Waals surface area contributed by atoms with Crippen molar-refractivity contribution < 1.29 is 33.3 Å². The van der Waals surface area contributed by atoms with Gasteiger partial charge >= 0.3 is 17.9 Å². The number of aryl methyl sites for hydroxylation is 1. The number of hydrogen-bond donors (Lipinski definition) is 0. The minimum Gasteiger partial charge on any atom is -0.474 e. The first-order valence-electron chi connectivity index (χ1n) is 9.91. The number of aromatic nitrogens is 2. The summed E-state index contributed by atoms with van der Waals surface area (Å²) in [6.45, 7) is 5.68. The molecule has 3 heterocycles. The van der Waals surface area contributed by atoms with E-state index in [2.05, 4.69) is 9.97 Å². The molecule has 0 N–H and O–H groups in total. The van der Waals surface area contributed by atoms with Gasteiger partial charge in [0, 0.05) is 44.5 Å². The fraction of sp³-hybridized carbons (Fsp3) is 0.409. The Hall–Kier alpha value is -3.14. The molecule has 4 atom stereocenters. The molecule has 0 spiro atoms. The molecule has 0 radical (unpaired) electrons. The Bertz CT molecular complexity index is 982. The van der Waals surface area contributed by atoms with Gasteiger partial charge in [0.1, 0.15) is 5.75 Å². The van der Waals surface area contributed by atoms with E-state index in [1.807, 2.05) is 19.1 Å². The van der Waals surface area contributed by atoms with Crippen LogP contribution in [0.2, 0.25) is 0 Å². The first kappa shape index (κ1) is 23.5. The summed E-state index contributed by atoms with van der Waals surface area (Å²) in [5.41, 5.74) is 1.80. The quantitative estimate of drug-likeness (QED) is 0.471. The van der Waals surface area contributed by atoms with Gasteiger partial charge in [-0.2, -0.15) is 0 Å². The highest BCUT2D eigenvalue weighted by Gasteiger charge is 2.47. The molecule has 1 aliphatic rings. The summed E-state index contributed by atoms with van der Waals surface area (Å²) in [6, 6.07) is 5.60. The molecule has 10 heteroatoms. The fourth-order valence-corrected chi connectivity index (χ4v) is 4.42. The summed E-state index contributed by atoms with van der Waals surface area (Å²) in [5.74, 6) is -1.00. The van der Waals surface area contributed by atoms with Crippen molar-refractivity contribution in [3.63, 3.8) is 0 Å². The number of thioether (sulfide) groups is 1. The van der Waals surface area contributed by atoms with Crippen molar-refractivity contribution in [3.05, 3.63) is 42.4 Å². The molecule has 0 aliphatic carbocycles. The van der Waals surface area contributed by atoms with Crippen molar-refractivity contribution in [2.75, 3.05) is 5.75 Å². The third-order valence-electron chi connectivity index (χ3n) is 4.48. The second-order valence-corrected chi connectivity index (χ2v) is 8.38. The van der Waals surface area contributed by atoms with Gasteiger partial charge in [-0.15, -0.1) is 11.8 Å². The normalized spacial score (nSPS) is 22.5. The van der Waals surface area contributed by atoms with E-state index in [-0.39, 0.29) is 5.75 Å². The summed E-state index contributed by atoms with van der Waals surface area (Å²) in [4.78, 5) is 43.6. The Morgan fingerprint density at radius 2 is 1.62 bits per heavy atom. The van der Waals surface area contributed by atoms with Crippen LogP contribution in [0.25, 0.3) is 11.3 Å². The van der Waals surface area contributed by atoms with Crippen molar-refractivity contribution in [1.29, 1.82) is 0 Å². The topological polar surface area (TPSA) is 114 Å². The molecular formula is C22H24N2O7S. The molecule has 0 amide bonds. The Labute approximate surface area is 189 Å². The maximum absolute atomic E-state index is 11.8. The van der Waals surface area contributed by atoms with Gasteiger partial charge in [-0.25, -0.2) is 0 Å². The summed E-state index contributed by atoms with van der Waals surface area (Å²) < 4.78 is 22.2. The lowest BCUT2D eigenvalue weighted by Gasteiger charge is -2.39. The second kappa shape index (κ2) is 10.4. The molecule has 1 aliphatic heterocycles. The lowest BCUT2D eigenvalue weighted by Crippen LogP contribution is -2.55. The second-order valence-electron chi connectivity index (χ2n) is 7.25. The van der Waals surface area contributed by atoms with Crippen LogP contribution in [0.3, 0.4) is 0 Å². The van der Waals surface area contributed by atoms with Crippen molar-refractivity contribution in [2.24, 2.45) is 0 Å². The SMILES string of the molecule is CC(=O)O[C@@H]1[C@@H](OC(C)=O)[C@H](OC(C)=O)CS[C@H]1Oc1cncc(-c2ccc(C)cn2)c1. The van der Waals surface area contributed by atoms with Crippen LogP contribution in [-0.2, 0) is 28.6 Å². The molecule has 1 saturated heterocycles. The summed E-state index contributed by atoms with van der Waals surface area (Å²) in [7, 11) is 0. The number of hydrogen-bond acceptors (Lipinski definition) is 10. The molecular weight excluding hydrogens is 436 g/mol. The molecule has 2 aromatic heterocycles. The van der Waals surface area contributed by atoms with Crippen LogP contribution in [0, 0.1) is 6.92 Å². The summed E-state index contributed by atoms with van der Waals surface area (Å²) >= 11 is 1.28. The average Bonchev–Trinajstić information content (AvgIpc) is 2.72. The molecule has 170 valence electrons. The molecule has 0 aromatic carbocycles. The standard InChI is InChI=1S/C22H24N2O7S/c1-12-5-6-18(24-8-12)16-7-17(10-23-9-16)31-22-21(30-15(4)27)20(29-14(3)26)19(11-32-22)28-13(2)25/h5-10,19-22H,11H2,1-4H3/t19-,20+,21-,22-/m1/s1. The first-order chi connectivity index (χ1) is 15.2. The maximum atomic E-state index is 11.8. The predicted molar refractivity (Wildman–Crippen MR) is 116 cm³/mol. The van der Waals surface area contributed by atoms with E-state index in [9.17, 15) is 14.4 Å². The van der Waals surface area contributed by atoms with E-state index in [1.54, 1.807) is 18.5 Å². The molecule has 0 bridgehead atoms. The number of esters is 3. The zero-order chi connectivity index (χ0) is 23.3. The van der Waals surface area contributed by atoms with E-state index in [0.29, 0.717) is 5.75 Å². The smallest absolute Gasteiger partial charge is 0.303 e.